The summed E-state index contributed by atoms with van der Waals surface area (Å²) in [6.07, 6.45) is 0. The van der Waals surface area contributed by atoms with Crippen molar-refractivity contribution in [2.75, 3.05) is 0 Å². The van der Waals surface area contributed by atoms with E-state index in [9.17, 15) is 8.78 Å². The highest BCUT2D eigenvalue weighted by Gasteiger charge is 2.35. The molecule has 0 saturated carbocycles. The molecule has 1 rings (SSSR count). The van der Waals surface area contributed by atoms with Crippen LogP contribution in [0.2, 0.25) is 10.0 Å². The number of hydrogen-bond acceptors (Lipinski definition) is 1. The fourth-order valence-corrected chi connectivity index (χ4v) is 1.49. The summed E-state index contributed by atoms with van der Waals surface area (Å²) < 4.78 is 25.8. The molecule has 1 aromatic carbocycles. The molecule has 0 saturated heterocycles. The van der Waals surface area contributed by atoms with Gasteiger partial charge in [-0.3, -0.25) is 0 Å². The number of nitrogens with zero attached hydrogens (tertiary/aromatic N) is 1. The third kappa shape index (κ3) is 1.90. The van der Waals surface area contributed by atoms with Crippen molar-refractivity contribution in [2.24, 2.45) is 0 Å². The number of halogens is 4. The summed E-state index contributed by atoms with van der Waals surface area (Å²) in [6, 6.07) is 4.79. The lowest BCUT2D eigenvalue weighted by Gasteiger charge is -2.10. The van der Waals surface area contributed by atoms with Gasteiger partial charge in [0.15, 0.2) is 0 Å². The van der Waals surface area contributed by atoms with Crippen molar-refractivity contribution in [3.8, 4) is 6.07 Å². The van der Waals surface area contributed by atoms with E-state index in [1.807, 2.05) is 0 Å². The van der Waals surface area contributed by atoms with Crippen molar-refractivity contribution in [3.63, 3.8) is 0 Å². The Morgan fingerprint density at radius 2 is 1.69 bits per heavy atom. The zero-order valence-corrected chi connectivity index (χ0v) is 7.70. The van der Waals surface area contributed by atoms with Crippen molar-refractivity contribution < 1.29 is 8.78 Å². The third-order valence-electron chi connectivity index (χ3n) is 1.42. The monoisotopic (exact) mass is 221 g/mol. The Morgan fingerprint density at radius 3 is 2.08 bits per heavy atom. The van der Waals surface area contributed by atoms with Gasteiger partial charge in [0.25, 0.3) is 0 Å². The van der Waals surface area contributed by atoms with E-state index in [-0.39, 0.29) is 10.0 Å². The van der Waals surface area contributed by atoms with Crippen molar-refractivity contribution in [3.05, 3.63) is 33.8 Å². The van der Waals surface area contributed by atoms with Gasteiger partial charge in [0.2, 0.25) is 0 Å². The maximum atomic E-state index is 12.9. The van der Waals surface area contributed by atoms with E-state index in [1.54, 1.807) is 0 Å². The van der Waals surface area contributed by atoms with Gasteiger partial charge in [-0.1, -0.05) is 29.3 Å². The maximum absolute atomic E-state index is 12.9. The average Bonchev–Trinajstić information content (AvgIpc) is 2.03. The topological polar surface area (TPSA) is 23.8 Å². The van der Waals surface area contributed by atoms with Crippen LogP contribution in [0.3, 0.4) is 0 Å². The average molecular weight is 222 g/mol. The molecule has 0 aliphatic heterocycles. The molecule has 0 aliphatic rings. The first-order chi connectivity index (χ1) is 5.99. The molecule has 0 aromatic heterocycles. The van der Waals surface area contributed by atoms with Gasteiger partial charge in [0.1, 0.15) is 6.07 Å². The lowest BCUT2D eigenvalue weighted by Crippen LogP contribution is -2.11. The van der Waals surface area contributed by atoms with Crippen LogP contribution in [-0.4, -0.2) is 0 Å². The first-order valence-electron chi connectivity index (χ1n) is 3.22. The summed E-state index contributed by atoms with van der Waals surface area (Å²) >= 11 is 11.0. The lowest BCUT2D eigenvalue weighted by atomic mass is 10.1. The fourth-order valence-electron chi connectivity index (χ4n) is 0.854. The van der Waals surface area contributed by atoms with Gasteiger partial charge in [0.05, 0.1) is 15.6 Å². The molecule has 0 bridgehead atoms. The van der Waals surface area contributed by atoms with Crippen LogP contribution in [0.1, 0.15) is 5.56 Å². The molecule has 0 radical (unpaired) electrons. The maximum Gasteiger partial charge on any atom is 0.360 e. The normalized spacial score (nSPS) is 11.0. The number of alkyl halides is 2. The second kappa shape index (κ2) is 3.49. The van der Waals surface area contributed by atoms with Gasteiger partial charge in [-0.2, -0.15) is 14.0 Å². The smallest absolute Gasteiger partial charge is 0.191 e. The molecule has 13 heavy (non-hydrogen) atoms. The van der Waals surface area contributed by atoms with Crippen LogP contribution in [-0.2, 0) is 5.92 Å². The zero-order chi connectivity index (χ0) is 10.1. The van der Waals surface area contributed by atoms with Crippen LogP contribution in [0.25, 0.3) is 0 Å². The Morgan fingerprint density at radius 1 is 1.23 bits per heavy atom. The van der Waals surface area contributed by atoms with Crippen molar-refractivity contribution in [1.29, 1.82) is 5.26 Å². The minimum absolute atomic E-state index is 0.209. The molecular weight excluding hydrogens is 219 g/mol. The first-order valence-corrected chi connectivity index (χ1v) is 3.98. The summed E-state index contributed by atoms with van der Waals surface area (Å²) in [5.74, 6) is -3.64. The van der Waals surface area contributed by atoms with Gasteiger partial charge in [-0.05, 0) is 12.1 Å². The lowest BCUT2D eigenvalue weighted by molar-refractivity contribution is 0.0615. The van der Waals surface area contributed by atoms with Crippen LogP contribution in [0.15, 0.2) is 18.2 Å². The van der Waals surface area contributed by atoms with E-state index in [2.05, 4.69) is 0 Å². The summed E-state index contributed by atoms with van der Waals surface area (Å²) in [4.78, 5) is 0. The molecule has 0 heterocycles. The second-order valence-corrected chi connectivity index (χ2v) is 3.10. The summed E-state index contributed by atoms with van der Waals surface area (Å²) in [7, 11) is 0. The van der Waals surface area contributed by atoms with Crippen LogP contribution >= 0.6 is 23.2 Å². The van der Waals surface area contributed by atoms with Crippen LogP contribution in [0, 0.1) is 11.3 Å². The van der Waals surface area contributed by atoms with E-state index in [0.717, 1.165) is 6.07 Å². The Kier molecular flexibility index (Phi) is 2.74. The second-order valence-electron chi connectivity index (χ2n) is 2.28. The predicted octanol–water partition coefficient (Wildman–Crippen LogP) is 3.61. The minimum atomic E-state index is -3.64. The van der Waals surface area contributed by atoms with Crippen molar-refractivity contribution >= 4 is 23.2 Å². The molecule has 5 heteroatoms. The zero-order valence-electron chi connectivity index (χ0n) is 6.19. The molecule has 1 aromatic rings. The van der Waals surface area contributed by atoms with E-state index in [1.165, 1.54) is 18.2 Å². The molecule has 0 atom stereocenters. The number of nitriles is 1. The third-order valence-corrected chi connectivity index (χ3v) is 2.05. The Balaban J connectivity index is 3.38. The molecule has 0 unspecified atom stereocenters. The van der Waals surface area contributed by atoms with Gasteiger partial charge < -0.3 is 0 Å². The number of rotatable bonds is 1. The molecule has 0 fully saturated rings. The number of hydrogen-bond donors (Lipinski definition) is 0. The van der Waals surface area contributed by atoms with Crippen LogP contribution < -0.4 is 0 Å². The molecular formula is C8H3Cl2F2N. The van der Waals surface area contributed by atoms with E-state index < -0.39 is 11.5 Å². The summed E-state index contributed by atoms with van der Waals surface area (Å²) in [5, 5.41) is 7.76. The molecule has 0 N–H and O–H groups in total. The highest BCUT2D eigenvalue weighted by molar-refractivity contribution is 6.36. The first kappa shape index (κ1) is 10.2. The highest BCUT2D eigenvalue weighted by Crippen LogP contribution is 2.37. The highest BCUT2D eigenvalue weighted by atomic mass is 35.5. The molecule has 0 amide bonds. The van der Waals surface area contributed by atoms with Gasteiger partial charge in [-0.15, -0.1) is 0 Å². The van der Waals surface area contributed by atoms with E-state index >= 15 is 0 Å². The fraction of sp³-hybridized carbons (Fsp3) is 0.125. The van der Waals surface area contributed by atoms with E-state index in [4.69, 9.17) is 28.5 Å². The van der Waals surface area contributed by atoms with Gasteiger partial charge in [-0.25, -0.2) is 0 Å². The number of benzene rings is 1. The predicted molar refractivity (Wildman–Crippen MR) is 46.0 cm³/mol. The van der Waals surface area contributed by atoms with Crippen molar-refractivity contribution in [1.82, 2.24) is 0 Å². The minimum Gasteiger partial charge on any atom is -0.191 e. The van der Waals surface area contributed by atoms with Gasteiger partial charge in [0, 0.05) is 0 Å². The quantitative estimate of drug-likeness (QED) is 0.711. The SMILES string of the molecule is N#CC(F)(F)c1c(Cl)cccc1Cl. The molecule has 0 aliphatic carbocycles. The molecule has 0 spiro atoms. The Labute approximate surface area is 83.5 Å². The summed E-state index contributed by atoms with van der Waals surface area (Å²) in [6.45, 7) is 0. The van der Waals surface area contributed by atoms with Crippen LogP contribution in [0.5, 0.6) is 0 Å². The van der Waals surface area contributed by atoms with E-state index in [0.29, 0.717) is 0 Å². The molecule has 1 nitrogen and oxygen atoms in total. The standard InChI is InChI=1S/C8H3Cl2F2N/c9-5-2-1-3-6(10)7(5)8(11,12)4-13/h1-3H. The van der Waals surface area contributed by atoms with Crippen molar-refractivity contribution in [2.45, 2.75) is 5.92 Å². The largest absolute Gasteiger partial charge is 0.360 e. The summed E-state index contributed by atoms with van der Waals surface area (Å²) in [5.41, 5.74) is -0.638. The Bertz CT molecular complexity index is 351. The van der Waals surface area contributed by atoms with Gasteiger partial charge >= 0.3 is 5.92 Å². The molecule has 68 valence electrons. The Hall–Kier alpha value is -0.850. The van der Waals surface area contributed by atoms with Crippen LogP contribution in [0.4, 0.5) is 8.78 Å².